The van der Waals surface area contributed by atoms with Gasteiger partial charge in [-0.05, 0) is 6.92 Å². The van der Waals surface area contributed by atoms with Gasteiger partial charge >= 0.3 is 222 Å². The molecule has 2 atom stereocenters. The van der Waals surface area contributed by atoms with Crippen LogP contribution in [0.5, 0.6) is 5.75 Å². The molecule has 0 aliphatic carbocycles. The minimum absolute atomic E-state index is 0.00161. The third-order valence-corrected chi connectivity index (χ3v) is 9.04. The molecule has 14 heteroatoms. The van der Waals surface area contributed by atoms with Gasteiger partial charge in [-0.1, -0.05) is 0 Å². The number of likely N-dealkylation sites (tertiary alicyclic amines) is 2. The van der Waals surface area contributed by atoms with Crippen molar-refractivity contribution < 1.29 is 32.2 Å². The maximum atomic E-state index is 14.7. The Morgan fingerprint density at radius 3 is 2.72 bits per heavy atom. The van der Waals surface area contributed by atoms with Crippen LogP contribution in [0.4, 0.5) is 29.1 Å². The number of aliphatic hydroxyl groups is 1. The summed E-state index contributed by atoms with van der Waals surface area (Å²) >= 11 is -1.91. The molecule has 3 N–H and O–H groups in total. The minimum atomic E-state index is -4.43. The summed E-state index contributed by atoms with van der Waals surface area (Å²) in [6, 6.07) is 9.23. The Morgan fingerprint density at radius 2 is 2.05 bits per heavy atom. The number of rotatable bonds is 7. The second-order valence-electron chi connectivity index (χ2n) is 11.0. The van der Waals surface area contributed by atoms with Gasteiger partial charge in [0.25, 0.3) is 0 Å². The zero-order valence-electron chi connectivity index (χ0n) is 23.8. The van der Waals surface area contributed by atoms with Crippen molar-refractivity contribution in [2.45, 2.75) is 36.2 Å². The Morgan fingerprint density at radius 1 is 1.28 bits per heavy atom. The number of benzene rings is 1. The van der Waals surface area contributed by atoms with E-state index in [1.54, 1.807) is 43.3 Å². The molecule has 0 bridgehead atoms. The number of amides is 1. The average Bonchev–Trinajstić information content (AvgIpc) is 3.27. The van der Waals surface area contributed by atoms with Crippen LogP contribution in [0.1, 0.15) is 29.4 Å². The number of pyridine rings is 1. The normalized spacial score (nSPS) is 20.2. The van der Waals surface area contributed by atoms with Crippen molar-refractivity contribution >= 4 is 42.3 Å². The molecule has 2 aliphatic heterocycles. The summed E-state index contributed by atoms with van der Waals surface area (Å²) in [5, 5.41) is 16.1. The van der Waals surface area contributed by atoms with Gasteiger partial charge < -0.3 is 5.11 Å². The van der Waals surface area contributed by atoms with Gasteiger partial charge in [0.2, 0.25) is 0 Å². The Bertz CT molecular complexity index is 1560. The van der Waals surface area contributed by atoms with Gasteiger partial charge in [-0.25, -0.2) is 0 Å². The standard InChI is InChI=1S/C29H32F4N6O3Se/c1-28(41)16-38(17-28)27(40)18-9-10-21(24(14-18)42-3)34-12-5-6-22-26(43-29(31,32)33)23-7-4-8-25(39(23)36-22)35-20-11-13-37(2)15-19(20)30/h4,7-10,14,19-20,34-35,41H,11-13,15-17H2,1-3H3/t19-,20+/m0/s1. The van der Waals surface area contributed by atoms with Crippen molar-refractivity contribution in [1.82, 2.24) is 19.4 Å². The molecule has 43 heavy (non-hydrogen) atoms. The van der Waals surface area contributed by atoms with Crippen LogP contribution in [0.3, 0.4) is 0 Å². The van der Waals surface area contributed by atoms with E-state index in [0.29, 0.717) is 35.8 Å². The van der Waals surface area contributed by atoms with Gasteiger partial charge in [0.15, 0.2) is 0 Å². The zero-order chi connectivity index (χ0) is 30.9. The van der Waals surface area contributed by atoms with Crippen LogP contribution in [0, 0.1) is 11.8 Å². The summed E-state index contributed by atoms with van der Waals surface area (Å²) in [5.41, 5.74) is 0.338. The molecule has 3 aromatic rings. The van der Waals surface area contributed by atoms with E-state index in [2.05, 4.69) is 27.6 Å². The van der Waals surface area contributed by atoms with Crippen molar-refractivity contribution in [3.05, 3.63) is 47.7 Å². The predicted octanol–water partition coefficient (Wildman–Crippen LogP) is 2.32. The van der Waals surface area contributed by atoms with Gasteiger partial charge in [0.05, 0.1) is 18.7 Å². The first kappa shape index (κ1) is 30.9. The fraction of sp³-hybridized carbons (Fsp3) is 0.448. The molecule has 4 heterocycles. The fourth-order valence-electron chi connectivity index (χ4n) is 5.20. The van der Waals surface area contributed by atoms with E-state index < -0.39 is 37.8 Å². The number of anilines is 2. The second-order valence-corrected chi connectivity index (χ2v) is 13.2. The molecular formula is C29H32F4N6O3Se. The zero-order valence-corrected chi connectivity index (χ0v) is 25.5. The fourth-order valence-corrected chi connectivity index (χ4v) is 6.63. The number of nitrogens with zero attached hydrogens (tertiary/aromatic N) is 4. The van der Waals surface area contributed by atoms with E-state index in [9.17, 15) is 27.5 Å². The number of hydrogen-bond donors (Lipinski definition) is 3. The van der Waals surface area contributed by atoms with Crippen LogP contribution < -0.4 is 19.8 Å². The number of fused-ring (bicyclic) bond motifs is 1. The number of nitrogens with one attached hydrogen (secondary N) is 2. The number of hydrogen-bond acceptors (Lipinski definition) is 7. The molecule has 2 saturated heterocycles. The van der Waals surface area contributed by atoms with E-state index in [1.807, 2.05) is 11.9 Å². The quantitative estimate of drug-likeness (QED) is 0.203. The van der Waals surface area contributed by atoms with Crippen molar-refractivity contribution in [2.24, 2.45) is 0 Å². The summed E-state index contributed by atoms with van der Waals surface area (Å²) in [7, 11) is 3.30. The molecule has 1 aromatic carbocycles. The van der Waals surface area contributed by atoms with Crippen LogP contribution in [-0.2, 0) is 0 Å². The van der Waals surface area contributed by atoms with Crippen LogP contribution >= 0.6 is 0 Å². The Hall–Kier alpha value is -3.50. The van der Waals surface area contributed by atoms with Gasteiger partial charge in [0, 0.05) is 0 Å². The molecule has 1 amide bonds. The van der Waals surface area contributed by atoms with Gasteiger partial charge in [-0.2, -0.15) is 0 Å². The molecule has 2 aromatic heterocycles. The topological polar surface area (TPSA) is 94.4 Å². The number of β-amino-alcohol motifs (C(OH)–C–C–N with tert-alkyl or cyclic N) is 1. The molecule has 2 aliphatic rings. The predicted molar refractivity (Wildman–Crippen MR) is 156 cm³/mol. The van der Waals surface area contributed by atoms with Crippen molar-refractivity contribution in [1.29, 1.82) is 0 Å². The molecule has 0 spiro atoms. The van der Waals surface area contributed by atoms with Crippen LogP contribution in [0.25, 0.3) is 5.52 Å². The van der Waals surface area contributed by atoms with Crippen molar-refractivity contribution in [3.8, 4) is 17.6 Å². The number of halogens is 4. The molecular weight excluding hydrogens is 635 g/mol. The number of carbonyl (C=O) groups is 1. The average molecular weight is 668 g/mol. The number of alkyl halides is 4. The van der Waals surface area contributed by atoms with E-state index >= 15 is 0 Å². The monoisotopic (exact) mass is 668 g/mol. The Labute approximate surface area is 252 Å². The number of aromatic nitrogens is 2. The first-order valence-electron chi connectivity index (χ1n) is 13.6. The molecule has 0 radical (unpaired) electrons. The van der Waals surface area contributed by atoms with Gasteiger partial charge in [-0.15, -0.1) is 0 Å². The summed E-state index contributed by atoms with van der Waals surface area (Å²) in [6.45, 7) is 3.19. The van der Waals surface area contributed by atoms with Gasteiger partial charge in [0.1, 0.15) is 0 Å². The van der Waals surface area contributed by atoms with E-state index in [1.165, 1.54) is 16.5 Å². The SMILES string of the molecule is COc1cc(C(=O)N2CC(C)(O)C2)ccc1NCC#Cc1nn2c(N[C@@H]3CCN(C)C[C@@H]3F)cccc2c1[Se]C(F)(F)F. The van der Waals surface area contributed by atoms with Crippen molar-refractivity contribution in [2.75, 3.05) is 57.5 Å². The summed E-state index contributed by atoms with van der Waals surface area (Å²) in [5.74, 6) is 6.20. The number of piperidine rings is 1. The third kappa shape index (κ3) is 7.18. The van der Waals surface area contributed by atoms with Crippen LogP contribution in [0.2, 0.25) is 0 Å². The molecule has 5 rings (SSSR count). The molecule has 230 valence electrons. The summed E-state index contributed by atoms with van der Waals surface area (Å²) in [4.78, 5) is 16.1. The van der Waals surface area contributed by atoms with Crippen molar-refractivity contribution in [3.63, 3.8) is 0 Å². The first-order chi connectivity index (χ1) is 20.3. The number of ether oxygens (including phenoxy) is 1. The molecule has 0 unspecified atom stereocenters. The first-order valence-corrected chi connectivity index (χ1v) is 15.3. The van der Waals surface area contributed by atoms with Crippen LogP contribution in [0.15, 0.2) is 36.4 Å². The third-order valence-electron chi connectivity index (χ3n) is 7.28. The Balaban J connectivity index is 1.34. The molecule has 2 fully saturated rings. The summed E-state index contributed by atoms with van der Waals surface area (Å²) < 4.78 is 62.3. The van der Waals surface area contributed by atoms with E-state index in [0.717, 1.165) is 0 Å². The number of methoxy groups -OCH3 is 1. The Kier molecular flexibility index (Phi) is 8.81. The van der Waals surface area contributed by atoms with E-state index in [4.69, 9.17) is 4.74 Å². The van der Waals surface area contributed by atoms with Gasteiger partial charge in [-0.3, -0.25) is 0 Å². The maximum absolute atomic E-state index is 14.7. The van der Waals surface area contributed by atoms with E-state index in [-0.39, 0.29) is 47.8 Å². The number of carbonyl (C=O) groups excluding carboxylic acids is 1. The second kappa shape index (κ2) is 12.2. The van der Waals surface area contributed by atoms with Crippen LogP contribution in [-0.4, -0.2) is 115 Å². The summed E-state index contributed by atoms with van der Waals surface area (Å²) in [6.07, 6.45) is -0.587. The molecule has 0 saturated carbocycles. The molecule has 9 nitrogen and oxygen atoms in total.